The predicted octanol–water partition coefficient (Wildman–Crippen LogP) is 5.62. The molecule has 1 N–H and O–H groups in total. The van der Waals surface area contributed by atoms with E-state index < -0.39 is 0 Å². The molecule has 1 aliphatic rings. The van der Waals surface area contributed by atoms with Crippen LogP contribution in [0.3, 0.4) is 0 Å². The van der Waals surface area contributed by atoms with E-state index >= 15 is 0 Å². The normalized spacial score (nSPS) is 22.9. The highest BCUT2D eigenvalue weighted by molar-refractivity contribution is 7.18. The SMILES string of the molecule is Cc1nc2ccc(NC3CCCC(CC(C)C)C3)cc2s1. The molecule has 0 aliphatic heterocycles. The third-order valence-electron chi connectivity index (χ3n) is 4.45. The van der Waals surface area contributed by atoms with Gasteiger partial charge in [-0.3, -0.25) is 0 Å². The van der Waals surface area contributed by atoms with E-state index in [0.29, 0.717) is 6.04 Å². The van der Waals surface area contributed by atoms with Gasteiger partial charge in [0.25, 0.3) is 0 Å². The van der Waals surface area contributed by atoms with Gasteiger partial charge in [0, 0.05) is 11.7 Å². The second-order valence-corrected chi connectivity index (χ2v) is 8.15. The summed E-state index contributed by atoms with van der Waals surface area (Å²) in [5, 5.41) is 4.91. The maximum atomic E-state index is 4.54. The number of benzene rings is 1. The first-order valence-corrected chi connectivity index (χ1v) is 9.05. The third-order valence-corrected chi connectivity index (χ3v) is 5.39. The molecule has 1 aromatic heterocycles. The van der Waals surface area contributed by atoms with E-state index in [0.717, 1.165) is 22.4 Å². The molecule has 0 spiro atoms. The number of hydrogen-bond acceptors (Lipinski definition) is 3. The molecule has 2 aromatic rings. The molecule has 0 saturated heterocycles. The fourth-order valence-electron chi connectivity index (χ4n) is 3.67. The van der Waals surface area contributed by atoms with Crippen LogP contribution in [-0.4, -0.2) is 11.0 Å². The van der Waals surface area contributed by atoms with Gasteiger partial charge in [-0.05, 0) is 56.2 Å². The van der Waals surface area contributed by atoms with Crippen molar-refractivity contribution in [3.8, 4) is 0 Å². The third kappa shape index (κ3) is 3.76. The molecule has 1 saturated carbocycles. The van der Waals surface area contributed by atoms with Gasteiger partial charge < -0.3 is 5.32 Å². The van der Waals surface area contributed by atoms with Crippen LogP contribution in [-0.2, 0) is 0 Å². The number of anilines is 1. The van der Waals surface area contributed by atoms with Crippen LogP contribution in [0.4, 0.5) is 5.69 Å². The molecule has 0 bridgehead atoms. The molecule has 2 nitrogen and oxygen atoms in total. The highest BCUT2D eigenvalue weighted by Gasteiger charge is 2.22. The zero-order valence-corrected chi connectivity index (χ0v) is 14.2. The lowest BCUT2D eigenvalue weighted by Crippen LogP contribution is -2.27. The van der Waals surface area contributed by atoms with E-state index in [1.807, 2.05) is 0 Å². The number of hydrogen-bond donors (Lipinski definition) is 1. The van der Waals surface area contributed by atoms with Gasteiger partial charge in [0.05, 0.1) is 15.2 Å². The molecule has 1 aliphatic carbocycles. The van der Waals surface area contributed by atoms with E-state index in [-0.39, 0.29) is 0 Å². The minimum atomic E-state index is 0.647. The average Bonchev–Trinajstić information content (AvgIpc) is 2.77. The Kier molecular flexibility index (Phi) is 4.48. The monoisotopic (exact) mass is 302 g/mol. The summed E-state index contributed by atoms with van der Waals surface area (Å²) >= 11 is 1.79. The van der Waals surface area contributed by atoms with Crippen molar-refractivity contribution >= 4 is 27.2 Å². The Labute approximate surface area is 132 Å². The Hall–Kier alpha value is -1.09. The summed E-state index contributed by atoms with van der Waals surface area (Å²) in [7, 11) is 0. The van der Waals surface area contributed by atoms with E-state index in [2.05, 4.69) is 49.3 Å². The second-order valence-electron chi connectivity index (χ2n) is 6.92. The number of aryl methyl sites for hydroxylation is 1. The standard InChI is InChI=1S/C18H26N2S/c1-12(2)9-14-5-4-6-15(10-14)20-16-7-8-17-18(11-16)21-13(3)19-17/h7-8,11-12,14-15,20H,4-6,9-10H2,1-3H3. The van der Waals surface area contributed by atoms with Crippen molar-refractivity contribution in [1.29, 1.82) is 0 Å². The van der Waals surface area contributed by atoms with Crippen LogP contribution in [0.5, 0.6) is 0 Å². The number of rotatable bonds is 4. The van der Waals surface area contributed by atoms with Gasteiger partial charge in [-0.2, -0.15) is 0 Å². The number of aromatic nitrogens is 1. The summed E-state index contributed by atoms with van der Waals surface area (Å²) in [5.41, 5.74) is 2.39. The molecule has 3 heteroatoms. The topological polar surface area (TPSA) is 24.9 Å². The summed E-state index contributed by atoms with van der Waals surface area (Å²) in [4.78, 5) is 4.54. The van der Waals surface area contributed by atoms with Crippen LogP contribution in [0.25, 0.3) is 10.2 Å². The van der Waals surface area contributed by atoms with Crippen molar-refractivity contribution in [2.45, 2.75) is 58.9 Å². The second kappa shape index (κ2) is 6.35. The summed E-state index contributed by atoms with van der Waals surface area (Å²) < 4.78 is 1.30. The van der Waals surface area contributed by atoms with Crippen molar-refractivity contribution in [2.75, 3.05) is 5.32 Å². The minimum absolute atomic E-state index is 0.647. The molecule has 3 rings (SSSR count). The van der Waals surface area contributed by atoms with E-state index in [1.165, 1.54) is 42.5 Å². The largest absolute Gasteiger partial charge is 0.382 e. The summed E-state index contributed by atoms with van der Waals surface area (Å²) in [6, 6.07) is 7.25. The van der Waals surface area contributed by atoms with Gasteiger partial charge in [0.2, 0.25) is 0 Å². The molecule has 2 unspecified atom stereocenters. The first-order chi connectivity index (χ1) is 10.1. The molecule has 1 fully saturated rings. The van der Waals surface area contributed by atoms with Gasteiger partial charge in [0.15, 0.2) is 0 Å². The molecule has 114 valence electrons. The maximum Gasteiger partial charge on any atom is 0.0907 e. The smallest absolute Gasteiger partial charge is 0.0907 e. The lowest BCUT2D eigenvalue weighted by molar-refractivity contribution is 0.289. The van der Waals surface area contributed by atoms with Gasteiger partial charge in [-0.15, -0.1) is 11.3 Å². The van der Waals surface area contributed by atoms with Crippen molar-refractivity contribution < 1.29 is 0 Å². The van der Waals surface area contributed by atoms with Crippen LogP contribution >= 0.6 is 11.3 Å². The van der Waals surface area contributed by atoms with Crippen LogP contribution in [0.1, 0.15) is 51.0 Å². The van der Waals surface area contributed by atoms with E-state index in [4.69, 9.17) is 0 Å². The summed E-state index contributed by atoms with van der Waals surface area (Å²) in [6.07, 6.45) is 6.82. The number of fused-ring (bicyclic) bond motifs is 1. The Morgan fingerprint density at radius 1 is 1.33 bits per heavy atom. The van der Waals surface area contributed by atoms with Crippen LogP contribution in [0.15, 0.2) is 18.2 Å². The molecular formula is C18H26N2S. The Morgan fingerprint density at radius 3 is 3.00 bits per heavy atom. The Bertz CT molecular complexity index is 602. The number of thiazole rings is 1. The zero-order chi connectivity index (χ0) is 14.8. The first-order valence-electron chi connectivity index (χ1n) is 8.24. The molecule has 0 amide bonds. The van der Waals surface area contributed by atoms with E-state index in [9.17, 15) is 0 Å². The number of nitrogens with zero attached hydrogens (tertiary/aromatic N) is 1. The van der Waals surface area contributed by atoms with Crippen molar-refractivity contribution in [3.63, 3.8) is 0 Å². The van der Waals surface area contributed by atoms with E-state index in [1.54, 1.807) is 11.3 Å². The summed E-state index contributed by atoms with van der Waals surface area (Å²) in [5.74, 6) is 1.73. The number of nitrogens with one attached hydrogen (secondary N) is 1. The molecule has 1 aromatic carbocycles. The highest BCUT2D eigenvalue weighted by atomic mass is 32.1. The predicted molar refractivity (Wildman–Crippen MR) is 93.2 cm³/mol. The van der Waals surface area contributed by atoms with Crippen molar-refractivity contribution in [3.05, 3.63) is 23.2 Å². The first kappa shape index (κ1) is 14.8. The molecule has 21 heavy (non-hydrogen) atoms. The van der Waals surface area contributed by atoms with Gasteiger partial charge in [0.1, 0.15) is 0 Å². The Morgan fingerprint density at radius 2 is 2.19 bits per heavy atom. The molecule has 1 heterocycles. The zero-order valence-electron chi connectivity index (χ0n) is 13.4. The van der Waals surface area contributed by atoms with Crippen molar-refractivity contribution in [2.24, 2.45) is 11.8 Å². The molecular weight excluding hydrogens is 276 g/mol. The summed E-state index contributed by atoms with van der Waals surface area (Å²) in [6.45, 7) is 6.77. The fraction of sp³-hybridized carbons (Fsp3) is 0.611. The van der Waals surface area contributed by atoms with Crippen LogP contribution in [0, 0.1) is 18.8 Å². The Balaban J connectivity index is 1.66. The minimum Gasteiger partial charge on any atom is -0.382 e. The average molecular weight is 302 g/mol. The van der Waals surface area contributed by atoms with Gasteiger partial charge in [-0.1, -0.05) is 26.7 Å². The van der Waals surface area contributed by atoms with Gasteiger partial charge >= 0.3 is 0 Å². The highest BCUT2D eigenvalue weighted by Crippen LogP contribution is 2.32. The lowest BCUT2D eigenvalue weighted by Gasteiger charge is -2.31. The van der Waals surface area contributed by atoms with Gasteiger partial charge in [-0.25, -0.2) is 4.98 Å². The lowest BCUT2D eigenvalue weighted by atomic mass is 9.81. The van der Waals surface area contributed by atoms with Crippen LogP contribution in [0.2, 0.25) is 0 Å². The fourth-order valence-corrected chi connectivity index (χ4v) is 4.53. The molecule has 0 radical (unpaired) electrons. The maximum absolute atomic E-state index is 4.54. The van der Waals surface area contributed by atoms with Crippen molar-refractivity contribution in [1.82, 2.24) is 4.98 Å². The molecule has 2 atom stereocenters. The quantitative estimate of drug-likeness (QED) is 0.792. The van der Waals surface area contributed by atoms with Crippen LogP contribution < -0.4 is 5.32 Å².